The second-order valence-corrected chi connectivity index (χ2v) is 6.10. The van der Waals surface area contributed by atoms with Crippen molar-refractivity contribution in [1.82, 2.24) is 14.9 Å². The number of carbonyl (C=O) groups excluding carboxylic acids is 1. The average Bonchev–Trinajstić information content (AvgIpc) is 2.99. The first-order valence-corrected chi connectivity index (χ1v) is 7.84. The molecular weight excluding hydrogens is 327 g/mol. The number of aromatic nitrogens is 2. The number of amides is 1. The summed E-state index contributed by atoms with van der Waals surface area (Å²) in [5.41, 5.74) is 0.00221. The summed E-state index contributed by atoms with van der Waals surface area (Å²) in [6, 6.07) is -0.286. The molecule has 3 rings (SSSR count). The molecule has 1 aromatic rings. The molecule has 1 aliphatic heterocycles. The van der Waals surface area contributed by atoms with Gasteiger partial charge in [0.1, 0.15) is 0 Å². The number of nitrogens with zero attached hydrogens (tertiary/aromatic N) is 3. The second-order valence-electron chi connectivity index (χ2n) is 6.10. The molecular formula is C15H18F3N3O3. The van der Waals surface area contributed by atoms with E-state index >= 15 is 0 Å². The Morgan fingerprint density at radius 3 is 2.58 bits per heavy atom. The van der Waals surface area contributed by atoms with Crippen molar-refractivity contribution in [3.05, 3.63) is 23.8 Å². The normalized spacial score (nSPS) is 28.2. The number of hydrogen-bond donors (Lipinski definition) is 1. The van der Waals surface area contributed by atoms with Crippen molar-refractivity contribution in [2.75, 3.05) is 19.8 Å². The van der Waals surface area contributed by atoms with Crippen LogP contribution in [0.5, 0.6) is 0 Å². The number of halogens is 3. The van der Waals surface area contributed by atoms with Crippen LogP contribution < -0.4 is 0 Å². The van der Waals surface area contributed by atoms with Crippen LogP contribution in [0.15, 0.2) is 12.4 Å². The highest BCUT2D eigenvalue weighted by atomic mass is 19.4. The molecule has 1 saturated carbocycles. The van der Waals surface area contributed by atoms with Crippen LogP contribution in [0, 0.1) is 5.92 Å². The first-order chi connectivity index (χ1) is 11.4. The maximum atomic E-state index is 12.7. The molecule has 2 fully saturated rings. The third kappa shape index (κ3) is 3.36. The summed E-state index contributed by atoms with van der Waals surface area (Å²) in [7, 11) is 0. The fraction of sp³-hybridized carbons (Fsp3) is 0.667. The SMILES string of the molecule is O=C(c1cnc(C(F)(F)F)nc1)N1CCOCC1C1CCCC1O. The summed E-state index contributed by atoms with van der Waals surface area (Å²) in [5, 5.41) is 10.1. The molecule has 0 spiro atoms. The van der Waals surface area contributed by atoms with E-state index in [0.717, 1.165) is 25.2 Å². The van der Waals surface area contributed by atoms with E-state index in [1.54, 1.807) is 4.90 Å². The number of aliphatic hydroxyl groups excluding tert-OH is 1. The third-order valence-electron chi connectivity index (χ3n) is 4.60. The summed E-state index contributed by atoms with van der Waals surface area (Å²) >= 11 is 0. The zero-order chi connectivity index (χ0) is 17.3. The van der Waals surface area contributed by atoms with Crippen LogP contribution in [0.3, 0.4) is 0 Å². The number of carbonyl (C=O) groups is 1. The molecule has 1 saturated heterocycles. The molecule has 3 atom stereocenters. The molecule has 1 aromatic heterocycles. The van der Waals surface area contributed by atoms with Gasteiger partial charge in [0.15, 0.2) is 0 Å². The van der Waals surface area contributed by atoms with Crippen LogP contribution >= 0.6 is 0 Å². The van der Waals surface area contributed by atoms with Crippen LogP contribution in [-0.2, 0) is 10.9 Å². The van der Waals surface area contributed by atoms with E-state index in [0.29, 0.717) is 26.2 Å². The molecule has 0 bridgehead atoms. The Morgan fingerprint density at radius 2 is 2.00 bits per heavy atom. The smallest absolute Gasteiger partial charge is 0.393 e. The van der Waals surface area contributed by atoms with Gasteiger partial charge in [0.25, 0.3) is 5.91 Å². The third-order valence-corrected chi connectivity index (χ3v) is 4.60. The van der Waals surface area contributed by atoms with E-state index in [4.69, 9.17) is 4.74 Å². The Morgan fingerprint density at radius 1 is 1.29 bits per heavy atom. The Hall–Kier alpha value is -1.74. The van der Waals surface area contributed by atoms with Gasteiger partial charge in [0.05, 0.1) is 30.9 Å². The molecule has 1 aliphatic carbocycles. The molecule has 6 nitrogen and oxygen atoms in total. The van der Waals surface area contributed by atoms with Gasteiger partial charge in [-0.05, 0) is 12.8 Å². The highest BCUT2D eigenvalue weighted by Gasteiger charge is 2.40. The van der Waals surface area contributed by atoms with Gasteiger partial charge in [-0.3, -0.25) is 4.79 Å². The lowest BCUT2D eigenvalue weighted by atomic mass is 9.94. The predicted molar refractivity (Wildman–Crippen MR) is 76.0 cm³/mol. The quantitative estimate of drug-likeness (QED) is 0.879. The van der Waals surface area contributed by atoms with Crippen LogP contribution in [0.1, 0.15) is 35.4 Å². The summed E-state index contributed by atoms with van der Waals surface area (Å²) in [4.78, 5) is 20.7. The number of rotatable bonds is 2. The van der Waals surface area contributed by atoms with E-state index < -0.39 is 24.0 Å². The lowest BCUT2D eigenvalue weighted by Gasteiger charge is -2.40. The number of ether oxygens (including phenoxy) is 1. The maximum absolute atomic E-state index is 12.7. The van der Waals surface area contributed by atoms with Gasteiger partial charge in [0.2, 0.25) is 5.82 Å². The van der Waals surface area contributed by atoms with Crippen molar-refractivity contribution in [2.24, 2.45) is 5.92 Å². The van der Waals surface area contributed by atoms with E-state index in [1.165, 1.54) is 0 Å². The van der Waals surface area contributed by atoms with Gasteiger partial charge in [0, 0.05) is 24.9 Å². The largest absolute Gasteiger partial charge is 0.451 e. The lowest BCUT2D eigenvalue weighted by Crippen LogP contribution is -2.53. The van der Waals surface area contributed by atoms with Crippen molar-refractivity contribution < 1.29 is 27.8 Å². The van der Waals surface area contributed by atoms with E-state index in [1.807, 2.05) is 0 Å². The van der Waals surface area contributed by atoms with Crippen molar-refractivity contribution in [3.63, 3.8) is 0 Å². The summed E-state index contributed by atoms with van der Waals surface area (Å²) < 4.78 is 43.0. The summed E-state index contributed by atoms with van der Waals surface area (Å²) in [6.45, 7) is 0.995. The van der Waals surface area contributed by atoms with Gasteiger partial charge in [-0.1, -0.05) is 6.42 Å². The molecule has 132 valence electrons. The van der Waals surface area contributed by atoms with Gasteiger partial charge in [-0.15, -0.1) is 0 Å². The molecule has 1 amide bonds. The first kappa shape index (κ1) is 17.1. The topological polar surface area (TPSA) is 75.6 Å². The molecule has 2 heterocycles. The van der Waals surface area contributed by atoms with Gasteiger partial charge >= 0.3 is 6.18 Å². The summed E-state index contributed by atoms with van der Waals surface area (Å²) in [6.07, 6.45) is -0.971. The molecule has 0 aromatic carbocycles. The predicted octanol–water partition coefficient (Wildman–Crippen LogP) is 1.50. The van der Waals surface area contributed by atoms with Crippen LogP contribution in [0.4, 0.5) is 13.2 Å². The van der Waals surface area contributed by atoms with Gasteiger partial charge in [-0.2, -0.15) is 13.2 Å². The zero-order valence-corrected chi connectivity index (χ0v) is 12.9. The Balaban J connectivity index is 1.79. The second kappa shape index (κ2) is 6.64. The van der Waals surface area contributed by atoms with Crippen LogP contribution in [-0.4, -0.2) is 57.8 Å². The van der Waals surface area contributed by atoms with E-state index in [2.05, 4.69) is 9.97 Å². The average molecular weight is 345 g/mol. The first-order valence-electron chi connectivity index (χ1n) is 7.84. The molecule has 2 aliphatic rings. The van der Waals surface area contributed by atoms with Crippen molar-refractivity contribution in [2.45, 2.75) is 37.6 Å². The number of hydrogen-bond acceptors (Lipinski definition) is 5. The molecule has 9 heteroatoms. The van der Waals surface area contributed by atoms with Crippen molar-refractivity contribution in [3.8, 4) is 0 Å². The Bertz CT molecular complexity index is 594. The standard InChI is InChI=1S/C15H18F3N3O3/c16-15(17,18)14-19-6-9(7-20-14)13(23)21-4-5-24-8-11(21)10-2-1-3-12(10)22/h6-7,10-12,22H,1-5,8H2. The molecule has 3 unspecified atom stereocenters. The number of morpholine rings is 1. The summed E-state index contributed by atoms with van der Waals surface area (Å²) in [5.74, 6) is -1.79. The monoisotopic (exact) mass is 345 g/mol. The maximum Gasteiger partial charge on any atom is 0.451 e. The zero-order valence-electron chi connectivity index (χ0n) is 12.9. The lowest BCUT2D eigenvalue weighted by molar-refractivity contribution is -0.145. The van der Waals surface area contributed by atoms with Gasteiger partial charge in [-0.25, -0.2) is 9.97 Å². The highest BCUT2D eigenvalue weighted by Crippen LogP contribution is 2.33. The number of alkyl halides is 3. The minimum absolute atomic E-state index is 0.00221. The van der Waals surface area contributed by atoms with Gasteiger partial charge < -0.3 is 14.7 Å². The fourth-order valence-electron chi connectivity index (χ4n) is 3.40. The van der Waals surface area contributed by atoms with Crippen LogP contribution in [0.25, 0.3) is 0 Å². The van der Waals surface area contributed by atoms with E-state index in [-0.39, 0.29) is 17.5 Å². The molecule has 0 radical (unpaired) electrons. The minimum atomic E-state index is -4.64. The van der Waals surface area contributed by atoms with Crippen molar-refractivity contribution in [1.29, 1.82) is 0 Å². The van der Waals surface area contributed by atoms with Crippen LogP contribution in [0.2, 0.25) is 0 Å². The molecule has 1 N–H and O–H groups in total. The highest BCUT2D eigenvalue weighted by molar-refractivity contribution is 5.94. The Labute approximate surface area is 136 Å². The minimum Gasteiger partial charge on any atom is -0.393 e. The fourth-order valence-corrected chi connectivity index (χ4v) is 3.40. The number of aliphatic hydroxyl groups is 1. The Kier molecular flexibility index (Phi) is 4.73. The van der Waals surface area contributed by atoms with Crippen molar-refractivity contribution >= 4 is 5.91 Å². The van der Waals surface area contributed by atoms with E-state index in [9.17, 15) is 23.1 Å². The molecule has 24 heavy (non-hydrogen) atoms.